The third-order valence-corrected chi connectivity index (χ3v) is 1.36. The molecule has 1 heterocycles. The van der Waals surface area contributed by atoms with Crippen LogP contribution in [0, 0.1) is 0 Å². The number of aryl methyl sites for hydroxylation is 1. The number of carboxylic acid groups (broad SMARTS) is 2. The van der Waals surface area contributed by atoms with E-state index in [4.69, 9.17) is 10.2 Å². The zero-order valence-electron chi connectivity index (χ0n) is 6.56. The molecule has 0 bridgehead atoms. The normalized spacial score (nSPS) is 9.85. The van der Waals surface area contributed by atoms with E-state index in [0.29, 0.717) is 5.69 Å². The van der Waals surface area contributed by atoms with Crippen LogP contribution in [0.1, 0.15) is 22.7 Å². The first-order chi connectivity index (χ1) is 6.09. The Morgan fingerprint density at radius 1 is 1.46 bits per heavy atom. The van der Waals surface area contributed by atoms with Gasteiger partial charge in [-0.15, -0.1) is 0 Å². The highest BCUT2D eigenvalue weighted by molar-refractivity contribution is 5.84. The summed E-state index contributed by atoms with van der Waals surface area (Å²) in [4.78, 5) is 20.4. The Kier molecular flexibility index (Phi) is 2.63. The Morgan fingerprint density at radius 3 is 2.62 bits per heavy atom. The lowest BCUT2D eigenvalue weighted by atomic mass is 10.2. The van der Waals surface area contributed by atoms with Crippen molar-refractivity contribution in [3.63, 3.8) is 0 Å². The van der Waals surface area contributed by atoms with Crippen molar-refractivity contribution < 1.29 is 24.3 Å². The third-order valence-electron chi connectivity index (χ3n) is 1.36. The highest BCUT2D eigenvalue weighted by Crippen LogP contribution is 2.05. The van der Waals surface area contributed by atoms with E-state index in [9.17, 15) is 9.59 Å². The van der Waals surface area contributed by atoms with Crippen LogP contribution in [-0.4, -0.2) is 27.3 Å². The number of aromatic carboxylic acids is 1. The van der Waals surface area contributed by atoms with Crippen molar-refractivity contribution in [3.8, 4) is 0 Å². The van der Waals surface area contributed by atoms with Crippen LogP contribution in [0.15, 0.2) is 10.6 Å². The van der Waals surface area contributed by atoms with Gasteiger partial charge < -0.3 is 14.7 Å². The van der Waals surface area contributed by atoms with Crippen molar-refractivity contribution in [2.75, 3.05) is 0 Å². The van der Waals surface area contributed by atoms with Crippen LogP contribution >= 0.6 is 0 Å². The minimum atomic E-state index is -1.21. The van der Waals surface area contributed by atoms with Gasteiger partial charge in [0.1, 0.15) is 0 Å². The lowest BCUT2D eigenvalue weighted by Gasteiger charge is -1.87. The smallest absolute Gasteiger partial charge is 0.374 e. The monoisotopic (exact) mass is 185 g/mol. The Balaban J connectivity index is 2.59. The summed E-state index contributed by atoms with van der Waals surface area (Å²) in [7, 11) is 0. The number of rotatable bonds is 4. The average Bonchev–Trinajstić information content (AvgIpc) is 2.48. The quantitative estimate of drug-likeness (QED) is 0.703. The zero-order valence-corrected chi connectivity index (χ0v) is 6.56. The number of carbonyl (C=O) groups is 2. The fourth-order valence-corrected chi connectivity index (χ4v) is 0.765. The maximum absolute atomic E-state index is 10.3. The van der Waals surface area contributed by atoms with Crippen molar-refractivity contribution in [2.24, 2.45) is 0 Å². The Bertz CT molecular complexity index is 329. The van der Waals surface area contributed by atoms with E-state index in [1.807, 2.05) is 0 Å². The van der Waals surface area contributed by atoms with Crippen LogP contribution in [0.2, 0.25) is 0 Å². The van der Waals surface area contributed by atoms with Crippen LogP contribution in [0.3, 0.4) is 0 Å². The molecule has 0 aliphatic carbocycles. The van der Waals surface area contributed by atoms with E-state index in [1.54, 1.807) is 0 Å². The van der Waals surface area contributed by atoms with Crippen molar-refractivity contribution >= 4 is 11.9 Å². The molecule has 2 N–H and O–H groups in total. The van der Waals surface area contributed by atoms with E-state index in [0.717, 1.165) is 0 Å². The van der Waals surface area contributed by atoms with Crippen LogP contribution in [-0.2, 0) is 11.2 Å². The second-order valence-electron chi connectivity index (χ2n) is 2.38. The molecule has 1 aromatic rings. The van der Waals surface area contributed by atoms with Crippen LogP contribution < -0.4 is 0 Å². The van der Waals surface area contributed by atoms with Gasteiger partial charge in [0, 0.05) is 12.5 Å². The van der Waals surface area contributed by atoms with Gasteiger partial charge in [-0.2, -0.15) is 0 Å². The maximum atomic E-state index is 10.3. The highest BCUT2D eigenvalue weighted by Gasteiger charge is 2.11. The van der Waals surface area contributed by atoms with E-state index in [1.165, 1.54) is 6.07 Å². The molecule has 0 unspecified atom stereocenters. The molecule has 0 saturated heterocycles. The molecule has 6 nitrogen and oxygen atoms in total. The van der Waals surface area contributed by atoms with Gasteiger partial charge in [0.05, 0.1) is 12.1 Å². The van der Waals surface area contributed by atoms with Crippen LogP contribution in [0.25, 0.3) is 0 Å². The molecule has 70 valence electrons. The minimum absolute atomic E-state index is 0.0917. The summed E-state index contributed by atoms with van der Waals surface area (Å²) in [6.07, 6.45) is 0.0811. The Morgan fingerprint density at radius 2 is 2.15 bits per heavy atom. The number of aliphatic carboxylic acids is 1. The summed E-state index contributed by atoms with van der Waals surface area (Å²) >= 11 is 0. The molecule has 6 heteroatoms. The molecule has 0 radical (unpaired) electrons. The second kappa shape index (κ2) is 3.70. The molecular weight excluding hydrogens is 178 g/mol. The fraction of sp³-hybridized carbons (Fsp3) is 0.286. The van der Waals surface area contributed by atoms with Gasteiger partial charge >= 0.3 is 11.9 Å². The van der Waals surface area contributed by atoms with E-state index >= 15 is 0 Å². The van der Waals surface area contributed by atoms with Crippen molar-refractivity contribution in [1.82, 2.24) is 5.16 Å². The van der Waals surface area contributed by atoms with Crippen LogP contribution in [0.5, 0.6) is 0 Å². The highest BCUT2D eigenvalue weighted by atomic mass is 16.5. The molecule has 1 aromatic heterocycles. The van der Waals surface area contributed by atoms with Gasteiger partial charge in [0.2, 0.25) is 5.76 Å². The third kappa shape index (κ3) is 2.58. The van der Waals surface area contributed by atoms with Crippen molar-refractivity contribution in [3.05, 3.63) is 17.5 Å². The number of hydrogen-bond acceptors (Lipinski definition) is 4. The lowest BCUT2D eigenvalue weighted by molar-refractivity contribution is -0.136. The molecule has 0 amide bonds. The van der Waals surface area contributed by atoms with Gasteiger partial charge in [-0.3, -0.25) is 4.79 Å². The van der Waals surface area contributed by atoms with E-state index in [2.05, 4.69) is 9.68 Å². The second-order valence-corrected chi connectivity index (χ2v) is 2.38. The molecule has 0 saturated carbocycles. The Hall–Kier alpha value is -1.85. The number of hydrogen-bond donors (Lipinski definition) is 2. The summed E-state index contributed by atoms with van der Waals surface area (Å²) in [5.74, 6) is -2.45. The first-order valence-corrected chi connectivity index (χ1v) is 3.50. The summed E-state index contributed by atoms with van der Waals surface area (Å²) in [5.41, 5.74) is 0.333. The maximum Gasteiger partial charge on any atom is 0.374 e. The molecule has 13 heavy (non-hydrogen) atoms. The average molecular weight is 185 g/mol. The predicted molar refractivity (Wildman–Crippen MR) is 39.4 cm³/mol. The zero-order chi connectivity index (χ0) is 9.84. The van der Waals surface area contributed by atoms with Gasteiger partial charge in [-0.25, -0.2) is 4.79 Å². The van der Waals surface area contributed by atoms with E-state index in [-0.39, 0.29) is 18.6 Å². The largest absolute Gasteiger partial charge is 0.481 e. The summed E-state index contributed by atoms with van der Waals surface area (Å²) < 4.78 is 4.42. The SMILES string of the molecule is O=C(O)CCc1cc(C(=O)O)on1. The molecule has 0 aliphatic heterocycles. The van der Waals surface area contributed by atoms with Gasteiger partial charge in [-0.1, -0.05) is 5.16 Å². The van der Waals surface area contributed by atoms with E-state index < -0.39 is 11.9 Å². The first-order valence-electron chi connectivity index (χ1n) is 3.50. The standard InChI is InChI=1S/C7H7NO5/c9-6(10)2-1-4-3-5(7(11)12)13-8-4/h3H,1-2H2,(H,9,10)(H,11,12). The van der Waals surface area contributed by atoms with Gasteiger partial charge in [-0.05, 0) is 0 Å². The van der Waals surface area contributed by atoms with Crippen molar-refractivity contribution in [2.45, 2.75) is 12.8 Å². The molecular formula is C7H7NO5. The molecule has 1 rings (SSSR count). The van der Waals surface area contributed by atoms with Gasteiger partial charge in [0.25, 0.3) is 0 Å². The number of aromatic nitrogens is 1. The van der Waals surface area contributed by atoms with Crippen molar-refractivity contribution in [1.29, 1.82) is 0 Å². The lowest BCUT2D eigenvalue weighted by Crippen LogP contribution is -1.97. The summed E-state index contributed by atoms with van der Waals surface area (Å²) in [5, 5.41) is 20.1. The summed E-state index contributed by atoms with van der Waals surface area (Å²) in [6, 6.07) is 1.21. The number of carboxylic acids is 2. The predicted octanol–water partition coefficient (Wildman–Crippen LogP) is 0.390. The molecule has 0 atom stereocenters. The topological polar surface area (TPSA) is 101 Å². The fourth-order valence-electron chi connectivity index (χ4n) is 0.765. The molecule has 0 aromatic carbocycles. The Labute approximate surface area is 72.8 Å². The molecule has 0 spiro atoms. The minimum Gasteiger partial charge on any atom is -0.481 e. The summed E-state index contributed by atoms with van der Waals surface area (Å²) in [6.45, 7) is 0. The van der Waals surface area contributed by atoms with Gasteiger partial charge in [0.15, 0.2) is 0 Å². The number of nitrogens with zero attached hydrogens (tertiary/aromatic N) is 1. The van der Waals surface area contributed by atoms with Crippen LogP contribution in [0.4, 0.5) is 0 Å². The first kappa shape index (κ1) is 9.24. The molecule has 0 fully saturated rings. The molecule has 0 aliphatic rings.